The van der Waals surface area contributed by atoms with Gasteiger partial charge in [0.25, 0.3) is 0 Å². The van der Waals surface area contributed by atoms with E-state index in [9.17, 15) is 17.6 Å². The molecule has 0 radical (unpaired) electrons. The second kappa shape index (κ2) is 11.3. The molecule has 5 nitrogen and oxygen atoms in total. The maximum Gasteiger partial charge on any atom is 0.182 e. The van der Waals surface area contributed by atoms with Gasteiger partial charge in [-0.3, -0.25) is 4.79 Å². The van der Waals surface area contributed by atoms with E-state index in [0.717, 1.165) is 30.3 Å². The first-order chi connectivity index (χ1) is 16.3. The van der Waals surface area contributed by atoms with Crippen molar-refractivity contribution >= 4 is 28.0 Å². The van der Waals surface area contributed by atoms with Gasteiger partial charge in [-0.05, 0) is 51.9 Å². The minimum absolute atomic E-state index is 0. The Morgan fingerprint density at radius 1 is 1.06 bits per heavy atom. The molecule has 1 aliphatic rings. The van der Waals surface area contributed by atoms with Crippen LogP contribution < -0.4 is 10.1 Å². The summed E-state index contributed by atoms with van der Waals surface area (Å²) in [6.07, 6.45) is 0.135. The summed E-state index contributed by atoms with van der Waals surface area (Å²) in [5.74, 6) is -0.386. The molecule has 0 bridgehead atoms. The van der Waals surface area contributed by atoms with Crippen LogP contribution in [-0.2, 0) is 39.9 Å². The van der Waals surface area contributed by atoms with Crippen LogP contribution in [0.3, 0.4) is 0 Å². The maximum atomic E-state index is 14.8. The summed E-state index contributed by atoms with van der Waals surface area (Å²) in [4.78, 5) is 12.6. The average Bonchev–Trinajstić information content (AvgIpc) is 3.27. The number of methoxy groups -OCH3 is 1. The maximum absolute atomic E-state index is 14.8. The number of hydrogen-bond acceptors (Lipinski definition) is 5. The van der Waals surface area contributed by atoms with Crippen LogP contribution in [0.4, 0.5) is 4.39 Å². The molecule has 1 heterocycles. The Balaban J connectivity index is 0.00000342. The van der Waals surface area contributed by atoms with E-state index in [1.165, 1.54) is 17.7 Å². The molecule has 0 amide bonds. The second-order valence-corrected chi connectivity index (χ2v) is 10.8. The molecule has 186 valence electrons. The number of Topliss-reactive ketones (excluding diaryl/α,β-unsaturated/α-hetero) is 1. The Morgan fingerprint density at radius 2 is 1.80 bits per heavy atom. The van der Waals surface area contributed by atoms with Crippen molar-refractivity contribution in [1.82, 2.24) is 5.32 Å². The molecule has 0 spiro atoms. The Hall–Kier alpha value is -2.74. The molecule has 1 atom stereocenters. The van der Waals surface area contributed by atoms with Gasteiger partial charge in [0, 0.05) is 25.9 Å². The van der Waals surface area contributed by atoms with E-state index in [-0.39, 0.29) is 53.2 Å². The lowest BCUT2D eigenvalue weighted by molar-refractivity contribution is -0.118. The van der Waals surface area contributed by atoms with Crippen molar-refractivity contribution in [3.05, 3.63) is 94.3 Å². The van der Waals surface area contributed by atoms with Crippen molar-refractivity contribution in [3.63, 3.8) is 0 Å². The minimum Gasteiger partial charge on any atom is -0.496 e. The number of rotatable bonds is 9. The van der Waals surface area contributed by atoms with E-state index < -0.39 is 15.7 Å². The summed E-state index contributed by atoms with van der Waals surface area (Å²) in [5, 5.41) is 3.23. The fourth-order valence-electron chi connectivity index (χ4n) is 4.42. The Bertz CT molecular complexity index is 1330. The molecule has 1 aliphatic heterocycles. The Kier molecular flexibility index (Phi) is 8.70. The largest absolute Gasteiger partial charge is 0.496 e. The molecule has 3 aromatic rings. The summed E-state index contributed by atoms with van der Waals surface area (Å²) in [6, 6.07) is 16.9. The summed E-state index contributed by atoms with van der Waals surface area (Å²) in [6.45, 7) is 3.43. The van der Waals surface area contributed by atoms with E-state index in [1.54, 1.807) is 13.2 Å². The lowest BCUT2D eigenvalue weighted by Crippen LogP contribution is -2.11. The highest BCUT2D eigenvalue weighted by Crippen LogP contribution is 2.29. The zero-order chi connectivity index (χ0) is 24.3. The molecule has 1 N–H and O–H groups in total. The molecule has 0 fully saturated rings. The summed E-state index contributed by atoms with van der Waals surface area (Å²) >= 11 is 0. The van der Waals surface area contributed by atoms with Gasteiger partial charge in [-0.25, -0.2) is 12.8 Å². The van der Waals surface area contributed by atoms with Gasteiger partial charge in [-0.1, -0.05) is 49.4 Å². The van der Waals surface area contributed by atoms with Crippen LogP contribution in [0.15, 0.2) is 65.6 Å². The number of carbonyl (C=O) groups excluding carboxylic acids is 1. The molecule has 3 aromatic carbocycles. The third-order valence-corrected chi connectivity index (χ3v) is 7.92. The van der Waals surface area contributed by atoms with E-state index in [2.05, 4.69) is 5.32 Å². The quantitative estimate of drug-likeness (QED) is 0.425. The van der Waals surface area contributed by atoms with Gasteiger partial charge in [-0.2, -0.15) is 0 Å². The number of ketones is 1. The van der Waals surface area contributed by atoms with Gasteiger partial charge in [-0.15, -0.1) is 12.4 Å². The van der Waals surface area contributed by atoms with Crippen molar-refractivity contribution in [2.45, 2.75) is 49.4 Å². The van der Waals surface area contributed by atoms with Crippen LogP contribution >= 0.6 is 12.4 Å². The number of ether oxygens (including phenoxy) is 1. The van der Waals surface area contributed by atoms with Gasteiger partial charge >= 0.3 is 0 Å². The van der Waals surface area contributed by atoms with Crippen LogP contribution in [0.2, 0.25) is 0 Å². The third-order valence-electron chi connectivity index (χ3n) is 6.23. The molecule has 0 aromatic heterocycles. The SMILES string of the molecule is COc1ccccc1C(C)CC(=O)Cc1ccc(S(=O)(=O)Cc2ccc3c(c2)CNC3)cc1F.Cl. The van der Waals surface area contributed by atoms with Crippen LogP contribution in [0.1, 0.15) is 47.1 Å². The first-order valence-electron chi connectivity index (χ1n) is 11.2. The van der Waals surface area contributed by atoms with Gasteiger partial charge in [0.05, 0.1) is 17.8 Å². The van der Waals surface area contributed by atoms with Crippen LogP contribution in [0.25, 0.3) is 0 Å². The smallest absolute Gasteiger partial charge is 0.182 e. The number of benzene rings is 3. The van der Waals surface area contributed by atoms with Gasteiger partial charge in [0.1, 0.15) is 17.3 Å². The predicted octanol–water partition coefficient (Wildman–Crippen LogP) is 5.14. The summed E-state index contributed by atoms with van der Waals surface area (Å²) in [7, 11) is -2.14. The molecule has 0 saturated heterocycles. The monoisotopic (exact) mass is 517 g/mol. The first-order valence-corrected chi connectivity index (χ1v) is 12.9. The van der Waals surface area contributed by atoms with Crippen molar-refractivity contribution in [3.8, 4) is 5.75 Å². The molecule has 0 saturated carbocycles. The van der Waals surface area contributed by atoms with Crippen molar-refractivity contribution in [2.24, 2.45) is 0 Å². The number of halogens is 2. The minimum atomic E-state index is -3.72. The summed E-state index contributed by atoms with van der Waals surface area (Å²) < 4.78 is 45.9. The third kappa shape index (κ3) is 6.28. The highest BCUT2D eigenvalue weighted by Gasteiger charge is 2.21. The topological polar surface area (TPSA) is 72.5 Å². The van der Waals surface area contributed by atoms with Crippen LogP contribution in [0, 0.1) is 5.82 Å². The number of fused-ring (bicyclic) bond motifs is 1. The highest BCUT2D eigenvalue weighted by molar-refractivity contribution is 7.90. The Labute approximate surface area is 212 Å². The zero-order valence-corrected chi connectivity index (χ0v) is 21.3. The van der Waals surface area contributed by atoms with E-state index in [0.29, 0.717) is 11.3 Å². The van der Waals surface area contributed by atoms with E-state index in [1.807, 2.05) is 43.3 Å². The molecule has 0 aliphatic carbocycles. The van der Waals surface area contributed by atoms with Gasteiger partial charge < -0.3 is 10.1 Å². The predicted molar refractivity (Wildman–Crippen MR) is 136 cm³/mol. The van der Waals surface area contributed by atoms with Gasteiger partial charge in [0.15, 0.2) is 9.84 Å². The van der Waals surface area contributed by atoms with Crippen molar-refractivity contribution in [2.75, 3.05) is 7.11 Å². The molecular formula is C27H29ClFNO4S. The fourth-order valence-corrected chi connectivity index (χ4v) is 5.76. The lowest BCUT2D eigenvalue weighted by Gasteiger charge is -2.15. The van der Waals surface area contributed by atoms with Crippen LogP contribution in [-0.4, -0.2) is 21.3 Å². The molecule has 1 unspecified atom stereocenters. The standard InChI is InChI=1S/C27H28FNO4S.ClH/c1-18(25-5-3-4-6-27(25)33-2)11-23(30)13-20-9-10-24(14-26(20)28)34(31,32)17-19-7-8-21-15-29-16-22(21)12-19;/h3-10,12,14,18,29H,11,13,15-17H2,1-2H3;1H. The molecular weight excluding hydrogens is 489 g/mol. The number of nitrogens with one attached hydrogen (secondary N) is 1. The number of para-hydroxylation sites is 1. The van der Waals surface area contributed by atoms with E-state index >= 15 is 0 Å². The first kappa shape index (κ1) is 26.9. The highest BCUT2D eigenvalue weighted by atomic mass is 35.5. The number of carbonyl (C=O) groups is 1. The lowest BCUT2D eigenvalue weighted by atomic mass is 9.92. The average molecular weight is 518 g/mol. The zero-order valence-electron chi connectivity index (χ0n) is 19.7. The number of hydrogen-bond donors (Lipinski definition) is 1. The molecule has 35 heavy (non-hydrogen) atoms. The van der Waals surface area contributed by atoms with Crippen molar-refractivity contribution in [1.29, 1.82) is 0 Å². The summed E-state index contributed by atoms with van der Waals surface area (Å²) in [5.41, 5.74) is 4.05. The van der Waals surface area contributed by atoms with E-state index in [4.69, 9.17) is 4.74 Å². The fraction of sp³-hybridized carbons (Fsp3) is 0.296. The van der Waals surface area contributed by atoms with Crippen molar-refractivity contribution < 1.29 is 22.3 Å². The molecule has 8 heteroatoms. The van der Waals surface area contributed by atoms with Crippen LogP contribution in [0.5, 0.6) is 5.75 Å². The Morgan fingerprint density at radius 3 is 2.54 bits per heavy atom. The number of sulfone groups is 1. The molecule has 4 rings (SSSR count). The van der Waals surface area contributed by atoms with Gasteiger partial charge in [0.2, 0.25) is 0 Å². The second-order valence-electron chi connectivity index (χ2n) is 8.78. The normalized spacial score (nSPS) is 13.6.